The Morgan fingerprint density at radius 1 is 0.719 bits per heavy atom. The quantitative estimate of drug-likeness (QED) is 0.250. The largest absolute Gasteiger partial charge is 0.478 e. The summed E-state index contributed by atoms with van der Waals surface area (Å²) >= 11 is 0. The second-order valence-electron chi connectivity index (χ2n) is 10.0. The molecule has 1 aromatic rings. The first-order valence-corrected chi connectivity index (χ1v) is 12.8. The van der Waals surface area contributed by atoms with Gasteiger partial charge in [0.2, 0.25) is 0 Å². The zero-order valence-electron chi connectivity index (χ0n) is 21.2. The summed E-state index contributed by atoms with van der Waals surface area (Å²) in [6.45, 7) is 13.1. The highest BCUT2D eigenvalue weighted by Gasteiger charge is 2.32. The number of hydrogen-bond acceptors (Lipinski definition) is 2. The van der Waals surface area contributed by atoms with Gasteiger partial charge in [-0.15, -0.1) is 0 Å². The second-order valence-corrected chi connectivity index (χ2v) is 10.0. The van der Waals surface area contributed by atoms with Crippen molar-refractivity contribution in [3.8, 4) is 0 Å². The average molecular weight is 447 g/mol. The molecule has 0 radical (unpaired) electrons. The predicted molar refractivity (Wildman–Crippen MR) is 133 cm³/mol. The monoisotopic (exact) mass is 446 g/mol. The normalized spacial score (nSPS) is 13.5. The van der Waals surface area contributed by atoms with Gasteiger partial charge in [-0.2, -0.15) is 0 Å². The number of carbonyl (C=O) groups is 2. The number of rotatable bonds is 16. The highest BCUT2D eigenvalue weighted by molar-refractivity contribution is 6.03. The summed E-state index contributed by atoms with van der Waals surface area (Å²) in [4.78, 5) is 24.4. The Hall–Kier alpha value is -1.84. The van der Waals surface area contributed by atoms with Gasteiger partial charge in [0.15, 0.2) is 0 Å². The lowest BCUT2D eigenvalue weighted by Crippen LogP contribution is -2.22. The van der Waals surface area contributed by atoms with Crippen molar-refractivity contribution in [2.45, 2.75) is 118 Å². The number of benzene rings is 1. The van der Waals surface area contributed by atoms with E-state index < -0.39 is 11.9 Å². The van der Waals surface area contributed by atoms with Crippen LogP contribution in [-0.4, -0.2) is 22.2 Å². The molecule has 0 fully saturated rings. The Bertz CT molecular complexity index is 720. The van der Waals surface area contributed by atoms with E-state index >= 15 is 0 Å². The van der Waals surface area contributed by atoms with E-state index in [-0.39, 0.29) is 28.9 Å². The highest BCUT2D eigenvalue weighted by atomic mass is 16.4. The van der Waals surface area contributed by atoms with Crippen LogP contribution >= 0.6 is 0 Å². The van der Waals surface area contributed by atoms with Crippen molar-refractivity contribution in [3.63, 3.8) is 0 Å². The molecule has 0 spiro atoms. The van der Waals surface area contributed by atoms with E-state index in [1.807, 2.05) is 6.07 Å². The standard InChI is InChI=1S/C28H46O4/c1-7-9-11-13-15-21(19(3)4)23-17-18-24(27(29)30)26(28(31)32)25(23)22(20(5)6)16-14-12-10-8-2/h17-22H,7-16H2,1-6H3,(H,29,30)(H,31,32). The number of carboxylic acids is 2. The molecule has 0 aromatic heterocycles. The first kappa shape index (κ1) is 28.2. The lowest BCUT2D eigenvalue weighted by molar-refractivity contribution is 0.0649. The molecule has 2 unspecified atom stereocenters. The second kappa shape index (κ2) is 14.3. The Balaban J connectivity index is 3.61. The maximum Gasteiger partial charge on any atom is 0.336 e. The SMILES string of the molecule is CCCCCCC(c1ccc(C(=O)O)c(C(=O)O)c1C(CCCCCC)C(C)C)C(C)C. The summed E-state index contributed by atoms with van der Waals surface area (Å²) < 4.78 is 0. The number of unbranched alkanes of at least 4 members (excludes halogenated alkanes) is 6. The molecule has 1 rings (SSSR count). The van der Waals surface area contributed by atoms with Crippen LogP contribution in [-0.2, 0) is 0 Å². The molecule has 1 aromatic carbocycles. The number of hydrogen-bond donors (Lipinski definition) is 2. The van der Waals surface area contributed by atoms with E-state index in [0.29, 0.717) is 5.92 Å². The van der Waals surface area contributed by atoms with Gasteiger partial charge < -0.3 is 10.2 Å². The van der Waals surface area contributed by atoms with E-state index in [1.54, 1.807) is 0 Å². The smallest absolute Gasteiger partial charge is 0.336 e. The zero-order chi connectivity index (χ0) is 24.3. The van der Waals surface area contributed by atoms with Gasteiger partial charge in [0.1, 0.15) is 0 Å². The minimum absolute atomic E-state index is 0.0170. The molecule has 0 bridgehead atoms. The fraction of sp³-hybridized carbons (Fsp3) is 0.714. The van der Waals surface area contributed by atoms with Crippen LogP contribution in [0, 0.1) is 11.8 Å². The molecule has 182 valence electrons. The van der Waals surface area contributed by atoms with E-state index in [4.69, 9.17) is 0 Å². The van der Waals surface area contributed by atoms with Crippen molar-refractivity contribution in [1.29, 1.82) is 0 Å². The molecular weight excluding hydrogens is 400 g/mol. The van der Waals surface area contributed by atoms with Gasteiger partial charge in [-0.05, 0) is 53.7 Å². The molecule has 0 heterocycles. The van der Waals surface area contributed by atoms with Crippen LogP contribution in [0.2, 0.25) is 0 Å². The molecule has 32 heavy (non-hydrogen) atoms. The molecule has 0 amide bonds. The van der Waals surface area contributed by atoms with Crippen molar-refractivity contribution in [1.82, 2.24) is 0 Å². The first-order valence-electron chi connectivity index (χ1n) is 12.8. The third-order valence-electron chi connectivity index (χ3n) is 6.84. The third-order valence-corrected chi connectivity index (χ3v) is 6.84. The van der Waals surface area contributed by atoms with Crippen LogP contribution in [0.15, 0.2) is 12.1 Å². The molecule has 0 aliphatic heterocycles. The van der Waals surface area contributed by atoms with Gasteiger partial charge in [-0.25, -0.2) is 9.59 Å². The molecule has 0 saturated heterocycles. The van der Waals surface area contributed by atoms with Crippen LogP contribution in [0.1, 0.15) is 149 Å². The summed E-state index contributed by atoms with van der Waals surface area (Å²) in [6, 6.07) is 3.46. The lowest BCUT2D eigenvalue weighted by atomic mass is 9.72. The molecule has 4 heteroatoms. The van der Waals surface area contributed by atoms with Crippen LogP contribution in [0.25, 0.3) is 0 Å². The van der Waals surface area contributed by atoms with Crippen LogP contribution < -0.4 is 0 Å². The Morgan fingerprint density at radius 3 is 1.62 bits per heavy atom. The Morgan fingerprint density at radius 2 is 1.22 bits per heavy atom. The van der Waals surface area contributed by atoms with Gasteiger partial charge in [-0.3, -0.25) is 0 Å². The molecule has 2 N–H and O–H groups in total. The fourth-order valence-electron chi connectivity index (χ4n) is 5.01. The lowest BCUT2D eigenvalue weighted by Gasteiger charge is -2.31. The maximum atomic E-state index is 12.4. The number of carboxylic acid groups (broad SMARTS) is 2. The first-order chi connectivity index (χ1) is 15.2. The van der Waals surface area contributed by atoms with E-state index in [1.165, 1.54) is 31.7 Å². The molecule has 0 aliphatic rings. The van der Waals surface area contributed by atoms with Gasteiger partial charge >= 0.3 is 11.9 Å². The average Bonchev–Trinajstić information content (AvgIpc) is 2.72. The van der Waals surface area contributed by atoms with Crippen molar-refractivity contribution in [3.05, 3.63) is 34.4 Å². The maximum absolute atomic E-state index is 12.4. The topological polar surface area (TPSA) is 74.6 Å². The Kier molecular flexibility index (Phi) is 12.6. The fourth-order valence-corrected chi connectivity index (χ4v) is 5.01. The molecule has 4 nitrogen and oxygen atoms in total. The predicted octanol–water partition coefficient (Wildman–Crippen LogP) is 8.50. The van der Waals surface area contributed by atoms with Gasteiger partial charge in [-0.1, -0.05) is 99.0 Å². The van der Waals surface area contributed by atoms with Crippen molar-refractivity contribution < 1.29 is 19.8 Å². The summed E-state index contributed by atoms with van der Waals surface area (Å²) in [5, 5.41) is 19.9. The van der Waals surface area contributed by atoms with E-state index in [9.17, 15) is 19.8 Å². The zero-order valence-corrected chi connectivity index (χ0v) is 21.2. The molecule has 0 saturated carbocycles. The van der Waals surface area contributed by atoms with Gasteiger partial charge in [0.05, 0.1) is 11.1 Å². The van der Waals surface area contributed by atoms with Crippen molar-refractivity contribution in [2.24, 2.45) is 11.8 Å². The minimum atomic E-state index is -1.16. The number of aromatic carboxylic acids is 2. The van der Waals surface area contributed by atoms with E-state index in [0.717, 1.165) is 49.7 Å². The molecular formula is C28H46O4. The van der Waals surface area contributed by atoms with Crippen molar-refractivity contribution in [2.75, 3.05) is 0 Å². The summed E-state index contributed by atoms with van der Waals surface area (Å²) in [7, 11) is 0. The van der Waals surface area contributed by atoms with E-state index in [2.05, 4.69) is 41.5 Å². The summed E-state index contributed by atoms with van der Waals surface area (Å²) in [5.74, 6) is -1.39. The van der Waals surface area contributed by atoms with Crippen LogP contribution in [0.5, 0.6) is 0 Å². The van der Waals surface area contributed by atoms with Crippen LogP contribution in [0.4, 0.5) is 0 Å². The highest BCUT2D eigenvalue weighted by Crippen LogP contribution is 2.42. The van der Waals surface area contributed by atoms with Gasteiger partial charge in [0.25, 0.3) is 0 Å². The molecule has 2 atom stereocenters. The third kappa shape index (κ3) is 7.94. The van der Waals surface area contributed by atoms with Crippen LogP contribution in [0.3, 0.4) is 0 Å². The Labute approximate surface area is 195 Å². The minimum Gasteiger partial charge on any atom is -0.478 e. The van der Waals surface area contributed by atoms with Gasteiger partial charge in [0, 0.05) is 0 Å². The van der Waals surface area contributed by atoms with Crippen molar-refractivity contribution >= 4 is 11.9 Å². The molecule has 0 aliphatic carbocycles. The summed E-state index contributed by atoms with van der Waals surface area (Å²) in [5.41, 5.74) is 1.79. The summed E-state index contributed by atoms with van der Waals surface area (Å²) in [6.07, 6.45) is 11.1.